The van der Waals surface area contributed by atoms with Crippen molar-refractivity contribution in [3.63, 3.8) is 0 Å². The average Bonchev–Trinajstić information content (AvgIpc) is 2.40. The molecule has 21 heavy (non-hydrogen) atoms. The molecule has 2 aromatic rings. The van der Waals surface area contributed by atoms with Gasteiger partial charge in [-0.1, -0.05) is 11.6 Å². The molecule has 1 aromatic heterocycles. The van der Waals surface area contributed by atoms with Crippen LogP contribution in [0.5, 0.6) is 0 Å². The van der Waals surface area contributed by atoms with Crippen LogP contribution in [-0.2, 0) is 6.18 Å². The van der Waals surface area contributed by atoms with Crippen molar-refractivity contribution in [2.45, 2.75) is 6.18 Å². The third-order valence-electron chi connectivity index (χ3n) is 2.43. The van der Waals surface area contributed by atoms with E-state index in [1.54, 1.807) is 0 Å². The van der Waals surface area contributed by atoms with Gasteiger partial charge in [-0.3, -0.25) is 0 Å². The molecule has 1 aromatic carbocycles. The Balaban J connectivity index is 2.28. The summed E-state index contributed by atoms with van der Waals surface area (Å²) in [6.45, 7) is 0. The Kier molecular flexibility index (Phi) is 3.99. The van der Waals surface area contributed by atoms with E-state index in [2.05, 4.69) is 15.3 Å². The van der Waals surface area contributed by atoms with Crippen molar-refractivity contribution in [2.24, 2.45) is 0 Å². The van der Waals surface area contributed by atoms with Crippen LogP contribution >= 0.6 is 11.6 Å². The molecule has 5 nitrogen and oxygen atoms in total. The lowest BCUT2D eigenvalue weighted by Gasteiger charge is -2.11. The summed E-state index contributed by atoms with van der Waals surface area (Å²) in [5.74, 6) is -1.19. The number of aromatic nitrogens is 2. The lowest BCUT2D eigenvalue weighted by atomic mass is 10.2. The second kappa shape index (κ2) is 5.57. The Morgan fingerprint density at radius 2 is 1.95 bits per heavy atom. The quantitative estimate of drug-likeness (QED) is 0.904. The monoisotopic (exact) mass is 317 g/mol. The molecule has 0 radical (unpaired) electrons. The summed E-state index contributed by atoms with van der Waals surface area (Å²) in [4.78, 5) is 17.9. The predicted octanol–water partition coefficient (Wildman–Crippen LogP) is 3.59. The maximum absolute atomic E-state index is 12.6. The first-order valence-electron chi connectivity index (χ1n) is 5.46. The lowest BCUT2D eigenvalue weighted by Crippen LogP contribution is -2.06. The van der Waals surface area contributed by atoms with Crippen LogP contribution in [0.4, 0.5) is 24.7 Å². The van der Waals surface area contributed by atoms with Crippen LogP contribution in [0, 0.1) is 0 Å². The van der Waals surface area contributed by atoms with Gasteiger partial charge < -0.3 is 10.4 Å². The summed E-state index contributed by atoms with van der Waals surface area (Å²) in [6, 6.07) is 2.79. The molecule has 0 spiro atoms. The molecular formula is C12H7ClF3N3O2. The van der Waals surface area contributed by atoms with Gasteiger partial charge in [0, 0.05) is 0 Å². The van der Waals surface area contributed by atoms with E-state index in [-0.39, 0.29) is 22.2 Å². The molecule has 0 saturated carbocycles. The predicted molar refractivity (Wildman–Crippen MR) is 68.7 cm³/mol. The van der Waals surface area contributed by atoms with Crippen molar-refractivity contribution in [1.82, 2.24) is 9.97 Å². The molecule has 2 N–H and O–H groups in total. The number of rotatable bonds is 3. The molecule has 2 rings (SSSR count). The zero-order valence-electron chi connectivity index (χ0n) is 10.1. The standard InChI is InChI=1S/C12H7ClF3N3O2/c13-7-2-1-6(12(14,15)16)3-8(7)19-10-5-17-9(4-18-10)11(20)21/h1-5H,(H,18,19)(H,20,21). The Morgan fingerprint density at radius 1 is 1.24 bits per heavy atom. The van der Waals surface area contributed by atoms with Crippen molar-refractivity contribution >= 4 is 29.1 Å². The molecule has 0 aliphatic carbocycles. The van der Waals surface area contributed by atoms with Crippen molar-refractivity contribution < 1.29 is 23.1 Å². The summed E-state index contributed by atoms with van der Waals surface area (Å²) in [5.41, 5.74) is -1.16. The van der Waals surface area contributed by atoms with E-state index in [1.165, 1.54) is 0 Å². The van der Waals surface area contributed by atoms with Crippen molar-refractivity contribution in [3.8, 4) is 0 Å². The van der Waals surface area contributed by atoms with Gasteiger partial charge in [-0.15, -0.1) is 0 Å². The first kappa shape index (κ1) is 15.0. The molecule has 0 bridgehead atoms. The highest BCUT2D eigenvalue weighted by Gasteiger charge is 2.31. The third-order valence-corrected chi connectivity index (χ3v) is 2.76. The van der Waals surface area contributed by atoms with Crippen LogP contribution < -0.4 is 5.32 Å². The second-order valence-corrected chi connectivity index (χ2v) is 4.32. The van der Waals surface area contributed by atoms with E-state index in [4.69, 9.17) is 16.7 Å². The maximum atomic E-state index is 12.6. The Labute approximate surface area is 121 Å². The Hall–Kier alpha value is -2.35. The highest BCUT2D eigenvalue weighted by Crippen LogP contribution is 2.34. The summed E-state index contributed by atoms with van der Waals surface area (Å²) in [5, 5.41) is 11.3. The number of benzene rings is 1. The maximum Gasteiger partial charge on any atom is 0.416 e. The van der Waals surface area contributed by atoms with Gasteiger partial charge in [-0.25, -0.2) is 14.8 Å². The third kappa shape index (κ3) is 3.60. The zero-order valence-corrected chi connectivity index (χ0v) is 10.9. The molecule has 0 aliphatic rings. The number of nitrogens with zero attached hydrogens (tertiary/aromatic N) is 2. The number of nitrogens with one attached hydrogen (secondary N) is 1. The number of hydrogen-bond donors (Lipinski definition) is 2. The summed E-state index contributed by atoms with van der Waals surface area (Å²) < 4.78 is 37.8. The smallest absolute Gasteiger partial charge is 0.416 e. The van der Waals surface area contributed by atoms with Gasteiger partial charge >= 0.3 is 12.1 Å². The summed E-state index contributed by atoms with van der Waals surface area (Å²) >= 11 is 5.81. The molecule has 0 aliphatic heterocycles. The fourth-order valence-corrected chi connectivity index (χ4v) is 1.60. The number of carboxylic acid groups (broad SMARTS) is 1. The number of carboxylic acids is 1. The molecule has 110 valence electrons. The van der Waals surface area contributed by atoms with Gasteiger partial charge in [-0.05, 0) is 18.2 Å². The number of hydrogen-bond acceptors (Lipinski definition) is 4. The van der Waals surface area contributed by atoms with Gasteiger partial charge in [0.2, 0.25) is 0 Å². The van der Waals surface area contributed by atoms with Gasteiger partial charge in [-0.2, -0.15) is 13.2 Å². The van der Waals surface area contributed by atoms with Gasteiger partial charge in [0.1, 0.15) is 5.82 Å². The van der Waals surface area contributed by atoms with E-state index in [0.717, 1.165) is 30.6 Å². The number of halogens is 4. The molecule has 0 saturated heterocycles. The largest absolute Gasteiger partial charge is 0.476 e. The fraction of sp³-hybridized carbons (Fsp3) is 0.0833. The highest BCUT2D eigenvalue weighted by atomic mass is 35.5. The molecule has 0 fully saturated rings. The number of anilines is 2. The van der Waals surface area contributed by atoms with E-state index >= 15 is 0 Å². The first-order valence-corrected chi connectivity index (χ1v) is 5.84. The number of carbonyl (C=O) groups is 1. The number of alkyl halides is 3. The first-order chi connectivity index (χ1) is 9.77. The lowest BCUT2D eigenvalue weighted by molar-refractivity contribution is -0.137. The van der Waals surface area contributed by atoms with Gasteiger partial charge in [0.25, 0.3) is 0 Å². The van der Waals surface area contributed by atoms with Crippen molar-refractivity contribution in [1.29, 1.82) is 0 Å². The van der Waals surface area contributed by atoms with Crippen LogP contribution in [-0.4, -0.2) is 21.0 Å². The highest BCUT2D eigenvalue weighted by molar-refractivity contribution is 6.33. The Bertz CT molecular complexity index is 674. The van der Waals surface area contributed by atoms with E-state index in [0.29, 0.717) is 0 Å². The SMILES string of the molecule is O=C(O)c1cnc(Nc2cc(C(F)(F)F)ccc2Cl)cn1. The minimum absolute atomic E-state index is 0.0103. The normalized spacial score (nSPS) is 11.2. The van der Waals surface area contributed by atoms with Gasteiger partial charge in [0.15, 0.2) is 5.69 Å². The Morgan fingerprint density at radius 3 is 2.48 bits per heavy atom. The van der Waals surface area contributed by atoms with E-state index in [1.807, 2.05) is 0 Å². The van der Waals surface area contributed by atoms with Gasteiger partial charge in [0.05, 0.1) is 28.7 Å². The second-order valence-electron chi connectivity index (χ2n) is 3.91. The summed E-state index contributed by atoms with van der Waals surface area (Å²) in [6.07, 6.45) is -2.44. The van der Waals surface area contributed by atoms with Crippen LogP contribution in [0.15, 0.2) is 30.6 Å². The van der Waals surface area contributed by atoms with Crippen LogP contribution in [0.1, 0.15) is 16.1 Å². The van der Waals surface area contributed by atoms with Crippen molar-refractivity contribution in [3.05, 3.63) is 46.9 Å². The summed E-state index contributed by atoms with van der Waals surface area (Å²) in [7, 11) is 0. The molecule has 9 heteroatoms. The van der Waals surface area contributed by atoms with E-state index < -0.39 is 17.7 Å². The molecule has 1 heterocycles. The van der Waals surface area contributed by atoms with Crippen LogP contribution in [0.25, 0.3) is 0 Å². The topological polar surface area (TPSA) is 75.1 Å². The minimum Gasteiger partial charge on any atom is -0.476 e. The molecular weight excluding hydrogens is 311 g/mol. The average molecular weight is 318 g/mol. The van der Waals surface area contributed by atoms with Crippen LogP contribution in [0.3, 0.4) is 0 Å². The molecule has 0 unspecified atom stereocenters. The van der Waals surface area contributed by atoms with Crippen LogP contribution in [0.2, 0.25) is 5.02 Å². The zero-order chi connectivity index (χ0) is 15.6. The molecule has 0 atom stereocenters. The molecule has 0 amide bonds. The van der Waals surface area contributed by atoms with E-state index in [9.17, 15) is 18.0 Å². The number of aromatic carboxylic acids is 1. The minimum atomic E-state index is -4.50. The van der Waals surface area contributed by atoms with Crippen molar-refractivity contribution in [2.75, 3.05) is 5.32 Å². The fourth-order valence-electron chi connectivity index (χ4n) is 1.44.